The molecule has 1 N–H and O–H groups in total. The van der Waals surface area contributed by atoms with Gasteiger partial charge >= 0.3 is 5.97 Å². The number of carboxylic acids is 1. The number of pyridine rings is 1. The number of benzene rings is 1. The summed E-state index contributed by atoms with van der Waals surface area (Å²) in [6.07, 6.45) is 1.29. The average Bonchev–Trinajstić information content (AvgIpc) is 3.45. The van der Waals surface area contributed by atoms with Gasteiger partial charge in [0, 0.05) is 23.0 Å². The molecular formula is C22H20N6O4. The van der Waals surface area contributed by atoms with Gasteiger partial charge in [0.15, 0.2) is 11.3 Å². The third kappa shape index (κ3) is 3.85. The lowest BCUT2D eigenvalue weighted by molar-refractivity contribution is 0.0696. The van der Waals surface area contributed by atoms with Crippen molar-refractivity contribution in [2.24, 2.45) is 0 Å². The van der Waals surface area contributed by atoms with E-state index in [4.69, 9.17) is 14.4 Å². The van der Waals surface area contributed by atoms with Crippen LogP contribution in [0.15, 0.2) is 53.2 Å². The molecule has 5 rings (SSSR count). The summed E-state index contributed by atoms with van der Waals surface area (Å²) in [6.45, 7) is 5.91. The van der Waals surface area contributed by atoms with Gasteiger partial charge < -0.3 is 14.4 Å². The molecule has 10 nitrogen and oxygen atoms in total. The summed E-state index contributed by atoms with van der Waals surface area (Å²) in [4.78, 5) is 15.1. The summed E-state index contributed by atoms with van der Waals surface area (Å²) in [6, 6.07) is 12.4. The van der Waals surface area contributed by atoms with Crippen LogP contribution in [0.3, 0.4) is 0 Å². The van der Waals surface area contributed by atoms with Gasteiger partial charge in [-0.15, -0.1) is 15.3 Å². The molecule has 10 heteroatoms. The van der Waals surface area contributed by atoms with Gasteiger partial charge in [-0.05, 0) is 25.1 Å². The number of ether oxygens (including phenoxy) is 1. The van der Waals surface area contributed by atoms with E-state index in [1.165, 1.54) is 12.3 Å². The lowest BCUT2D eigenvalue weighted by Crippen LogP contribution is -2.05. The Bertz CT molecular complexity index is 1390. The maximum absolute atomic E-state index is 11.0. The molecule has 0 radical (unpaired) electrons. The van der Waals surface area contributed by atoms with Crippen molar-refractivity contribution in [1.29, 1.82) is 0 Å². The Kier molecular flexibility index (Phi) is 5.75. The molecule has 0 amide bonds. The number of carbonyl (C=O) groups is 1. The maximum atomic E-state index is 11.0. The van der Waals surface area contributed by atoms with E-state index in [1.807, 2.05) is 38.1 Å². The monoisotopic (exact) mass is 432 g/mol. The zero-order valence-electron chi connectivity index (χ0n) is 17.7. The molecule has 5 aromatic rings. The van der Waals surface area contributed by atoms with Crippen LogP contribution in [0.5, 0.6) is 5.88 Å². The van der Waals surface area contributed by atoms with Crippen LogP contribution in [-0.2, 0) is 6.61 Å². The van der Waals surface area contributed by atoms with Gasteiger partial charge in [-0.1, -0.05) is 37.2 Å². The van der Waals surface area contributed by atoms with Gasteiger partial charge in [-0.3, -0.25) is 4.98 Å². The van der Waals surface area contributed by atoms with Crippen LogP contribution in [0.2, 0.25) is 0 Å². The molecule has 162 valence electrons. The van der Waals surface area contributed by atoms with E-state index in [0.29, 0.717) is 34.5 Å². The SMILES string of the molecule is CC.Cc1cc(-c2nnc3c4ccccc4c(OCc4ccc(C(=O)O)cn4)nn23)no1. The van der Waals surface area contributed by atoms with Crippen LogP contribution in [0.25, 0.3) is 27.9 Å². The number of hydrogen-bond acceptors (Lipinski definition) is 8. The van der Waals surface area contributed by atoms with E-state index < -0.39 is 5.97 Å². The topological polar surface area (TPSA) is 129 Å². The first kappa shape index (κ1) is 20.9. The van der Waals surface area contributed by atoms with Crippen LogP contribution < -0.4 is 4.74 Å². The van der Waals surface area contributed by atoms with Crippen molar-refractivity contribution < 1.29 is 19.2 Å². The van der Waals surface area contributed by atoms with Gasteiger partial charge in [0.1, 0.15) is 12.4 Å². The Morgan fingerprint density at radius 2 is 1.91 bits per heavy atom. The molecule has 0 bridgehead atoms. The first-order valence-corrected chi connectivity index (χ1v) is 9.99. The first-order valence-electron chi connectivity index (χ1n) is 9.99. The van der Waals surface area contributed by atoms with E-state index in [0.717, 1.165) is 10.8 Å². The highest BCUT2D eigenvalue weighted by Crippen LogP contribution is 2.29. The summed E-state index contributed by atoms with van der Waals surface area (Å²) in [7, 11) is 0. The van der Waals surface area contributed by atoms with Crippen molar-refractivity contribution >= 4 is 22.4 Å². The Labute approximate surface area is 182 Å². The number of aryl methyl sites for hydroxylation is 1. The van der Waals surface area contributed by atoms with Gasteiger partial charge in [0.2, 0.25) is 11.7 Å². The molecule has 4 heterocycles. The number of hydrogen-bond donors (Lipinski definition) is 1. The minimum Gasteiger partial charge on any atom is -0.478 e. The largest absolute Gasteiger partial charge is 0.478 e. The van der Waals surface area contributed by atoms with Crippen LogP contribution in [-0.4, -0.2) is 41.0 Å². The maximum Gasteiger partial charge on any atom is 0.337 e. The van der Waals surface area contributed by atoms with E-state index >= 15 is 0 Å². The Morgan fingerprint density at radius 3 is 2.56 bits per heavy atom. The summed E-state index contributed by atoms with van der Waals surface area (Å²) in [5, 5.41) is 27.6. The number of aromatic nitrogens is 6. The molecule has 0 aliphatic heterocycles. The molecule has 0 atom stereocenters. The first-order chi connectivity index (χ1) is 15.6. The number of fused-ring (bicyclic) bond motifs is 3. The third-order valence-electron chi connectivity index (χ3n) is 4.52. The molecule has 0 unspecified atom stereocenters. The summed E-state index contributed by atoms with van der Waals surface area (Å²) < 4.78 is 12.6. The zero-order valence-corrected chi connectivity index (χ0v) is 17.7. The van der Waals surface area contributed by atoms with Crippen LogP contribution >= 0.6 is 0 Å². The van der Waals surface area contributed by atoms with Gasteiger partial charge in [0.05, 0.1) is 11.3 Å². The molecule has 0 aliphatic rings. The summed E-state index contributed by atoms with van der Waals surface area (Å²) in [5.74, 6) is 0.413. The molecule has 0 fully saturated rings. The van der Waals surface area contributed by atoms with Crippen molar-refractivity contribution in [1.82, 2.24) is 30.0 Å². The molecule has 1 aromatic carbocycles. The van der Waals surface area contributed by atoms with Gasteiger partial charge in [-0.25, -0.2) is 4.79 Å². The van der Waals surface area contributed by atoms with Crippen LogP contribution in [0.4, 0.5) is 0 Å². The predicted molar refractivity (Wildman–Crippen MR) is 115 cm³/mol. The minimum absolute atomic E-state index is 0.112. The van der Waals surface area contributed by atoms with Crippen molar-refractivity contribution in [3.63, 3.8) is 0 Å². The van der Waals surface area contributed by atoms with Crippen molar-refractivity contribution in [2.45, 2.75) is 27.4 Å². The zero-order chi connectivity index (χ0) is 22.7. The van der Waals surface area contributed by atoms with Crippen molar-refractivity contribution in [3.8, 4) is 17.4 Å². The molecule has 32 heavy (non-hydrogen) atoms. The number of nitrogens with zero attached hydrogens (tertiary/aromatic N) is 6. The fourth-order valence-electron chi connectivity index (χ4n) is 3.07. The highest BCUT2D eigenvalue weighted by atomic mass is 16.5. The highest BCUT2D eigenvalue weighted by molar-refractivity contribution is 5.97. The standard InChI is InChI=1S/C20H14N6O4.C2H6/c1-11-8-16(25-30-11)18-23-22-17-14-4-2-3-5-15(14)19(24-26(17)18)29-10-13-7-6-12(9-21-13)20(27)28;1-2/h2-9H,10H2,1H3,(H,27,28);1-2H3. The number of carboxylic acid groups (broad SMARTS) is 1. The molecule has 0 saturated heterocycles. The number of aromatic carboxylic acids is 1. The van der Waals surface area contributed by atoms with Crippen molar-refractivity contribution in [3.05, 3.63) is 65.7 Å². The average molecular weight is 432 g/mol. The second-order valence-electron chi connectivity index (χ2n) is 6.56. The van der Waals surface area contributed by atoms with E-state index in [2.05, 4.69) is 25.4 Å². The Morgan fingerprint density at radius 1 is 1.12 bits per heavy atom. The third-order valence-corrected chi connectivity index (χ3v) is 4.52. The summed E-state index contributed by atoms with van der Waals surface area (Å²) in [5.41, 5.74) is 1.76. The van der Waals surface area contributed by atoms with E-state index in [-0.39, 0.29) is 12.2 Å². The molecular weight excluding hydrogens is 412 g/mol. The highest BCUT2D eigenvalue weighted by Gasteiger charge is 2.18. The molecule has 0 spiro atoms. The van der Waals surface area contributed by atoms with Gasteiger partial charge in [-0.2, -0.15) is 4.52 Å². The van der Waals surface area contributed by atoms with Crippen LogP contribution in [0.1, 0.15) is 35.7 Å². The second-order valence-corrected chi connectivity index (χ2v) is 6.56. The molecule has 0 saturated carbocycles. The summed E-state index contributed by atoms with van der Waals surface area (Å²) >= 11 is 0. The van der Waals surface area contributed by atoms with E-state index in [9.17, 15) is 4.79 Å². The fraction of sp³-hybridized carbons (Fsp3) is 0.182. The van der Waals surface area contributed by atoms with Crippen LogP contribution in [0, 0.1) is 6.92 Å². The fourth-order valence-corrected chi connectivity index (χ4v) is 3.07. The molecule has 4 aromatic heterocycles. The lowest BCUT2D eigenvalue weighted by atomic mass is 10.2. The molecule has 0 aliphatic carbocycles. The smallest absolute Gasteiger partial charge is 0.337 e. The normalized spacial score (nSPS) is 10.7. The number of rotatable bonds is 5. The predicted octanol–water partition coefficient (Wildman–Crippen LogP) is 3.94. The quantitative estimate of drug-likeness (QED) is 0.439. The Hall–Kier alpha value is -4.34. The van der Waals surface area contributed by atoms with Gasteiger partial charge in [0.25, 0.3) is 0 Å². The minimum atomic E-state index is -1.03. The van der Waals surface area contributed by atoms with Crippen molar-refractivity contribution in [2.75, 3.05) is 0 Å². The lowest BCUT2D eigenvalue weighted by Gasteiger charge is -2.09. The van der Waals surface area contributed by atoms with E-state index in [1.54, 1.807) is 23.6 Å². The Balaban J connectivity index is 0.00000119. The second kappa shape index (κ2) is 8.80.